The summed E-state index contributed by atoms with van der Waals surface area (Å²) in [6.45, 7) is 10.3. The van der Waals surface area contributed by atoms with E-state index in [1.54, 1.807) is 6.08 Å². The van der Waals surface area contributed by atoms with Crippen LogP contribution in [0.3, 0.4) is 0 Å². The summed E-state index contributed by atoms with van der Waals surface area (Å²) in [5, 5.41) is 2.79. The summed E-state index contributed by atoms with van der Waals surface area (Å²) >= 11 is 0. The van der Waals surface area contributed by atoms with E-state index in [0.29, 0.717) is 13.0 Å². The molecule has 0 fully saturated rings. The minimum atomic E-state index is 0.0475. The lowest BCUT2D eigenvalue weighted by Gasteiger charge is -2.09. The van der Waals surface area contributed by atoms with E-state index in [2.05, 4.69) is 37.9 Å². The van der Waals surface area contributed by atoms with Crippen LogP contribution in [0.15, 0.2) is 24.8 Å². The molecule has 1 aromatic rings. The zero-order valence-electron chi connectivity index (χ0n) is 10.3. The highest BCUT2D eigenvalue weighted by Crippen LogP contribution is 2.15. The molecule has 0 saturated carbocycles. The van der Waals surface area contributed by atoms with Crippen LogP contribution in [-0.2, 0) is 11.2 Å². The minimum absolute atomic E-state index is 0.0475. The van der Waals surface area contributed by atoms with Gasteiger partial charge in [-0.3, -0.25) is 4.79 Å². The van der Waals surface area contributed by atoms with Gasteiger partial charge in [0.05, 0.1) is 6.42 Å². The number of hydrogen-bond donors (Lipinski definition) is 1. The highest BCUT2D eigenvalue weighted by atomic mass is 16.1. The van der Waals surface area contributed by atoms with Crippen LogP contribution in [0.4, 0.5) is 0 Å². The fourth-order valence-corrected chi connectivity index (χ4v) is 1.63. The van der Waals surface area contributed by atoms with E-state index in [1.165, 1.54) is 16.7 Å². The normalized spacial score (nSPS) is 9.94. The van der Waals surface area contributed by atoms with Gasteiger partial charge in [0.15, 0.2) is 0 Å². The standard InChI is InChI=1S/C14H19NO/c1-5-6-15-14(16)9-13-8-11(3)10(2)7-12(13)4/h5,7-8H,1,6,9H2,2-4H3,(H,15,16). The maximum atomic E-state index is 11.6. The molecule has 0 atom stereocenters. The molecule has 2 nitrogen and oxygen atoms in total. The summed E-state index contributed by atoms with van der Waals surface area (Å²) in [6, 6.07) is 4.23. The lowest BCUT2D eigenvalue weighted by molar-refractivity contribution is -0.120. The Morgan fingerprint density at radius 2 is 1.88 bits per heavy atom. The summed E-state index contributed by atoms with van der Waals surface area (Å²) in [4.78, 5) is 11.6. The van der Waals surface area contributed by atoms with Gasteiger partial charge < -0.3 is 5.32 Å². The Hall–Kier alpha value is -1.57. The first-order chi connectivity index (χ1) is 7.54. The Morgan fingerprint density at radius 1 is 1.25 bits per heavy atom. The van der Waals surface area contributed by atoms with Crippen molar-refractivity contribution < 1.29 is 4.79 Å². The van der Waals surface area contributed by atoms with Crippen LogP contribution < -0.4 is 5.32 Å². The fourth-order valence-electron chi connectivity index (χ4n) is 1.63. The molecule has 2 heteroatoms. The molecule has 0 radical (unpaired) electrons. The number of nitrogens with one attached hydrogen (secondary N) is 1. The smallest absolute Gasteiger partial charge is 0.224 e. The lowest BCUT2D eigenvalue weighted by Crippen LogP contribution is -2.25. The Bertz CT molecular complexity index is 407. The number of hydrogen-bond acceptors (Lipinski definition) is 1. The average Bonchev–Trinajstić information content (AvgIpc) is 2.23. The van der Waals surface area contributed by atoms with E-state index < -0.39 is 0 Å². The second-order valence-corrected chi connectivity index (χ2v) is 4.13. The van der Waals surface area contributed by atoms with Gasteiger partial charge in [0.1, 0.15) is 0 Å². The monoisotopic (exact) mass is 217 g/mol. The van der Waals surface area contributed by atoms with Gasteiger partial charge in [-0.15, -0.1) is 6.58 Å². The first kappa shape index (κ1) is 12.5. The van der Waals surface area contributed by atoms with Crippen molar-refractivity contribution in [2.24, 2.45) is 0 Å². The molecule has 0 saturated heterocycles. The first-order valence-corrected chi connectivity index (χ1v) is 5.49. The van der Waals surface area contributed by atoms with Crippen molar-refractivity contribution in [3.63, 3.8) is 0 Å². The summed E-state index contributed by atoms with van der Waals surface area (Å²) in [7, 11) is 0. The van der Waals surface area contributed by atoms with Crippen LogP contribution in [0.2, 0.25) is 0 Å². The molecule has 0 aliphatic carbocycles. The first-order valence-electron chi connectivity index (χ1n) is 5.49. The fraction of sp³-hybridized carbons (Fsp3) is 0.357. The predicted molar refractivity (Wildman–Crippen MR) is 67.6 cm³/mol. The van der Waals surface area contributed by atoms with Crippen molar-refractivity contribution in [3.05, 3.63) is 47.0 Å². The van der Waals surface area contributed by atoms with Crippen LogP contribution in [0, 0.1) is 20.8 Å². The SMILES string of the molecule is C=CCNC(=O)Cc1cc(C)c(C)cc1C. The summed E-state index contributed by atoms with van der Waals surface area (Å²) in [5.41, 5.74) is 4.78. The average molecular weight is 217 g/mol. The third-order valence-corrected chi connectivity index (χ3v) is 2.75. The van der Waals surface area contributed by atoms with Crippen molar-refractivity contribution in [3.8, 4) is 0 Å². The zero-order valence-corrected chi connectivity index (χ0v) is 10.3. The third kappa shape index (κ3) is 3.23. The van der Waals surface area contributed by atoms with E-state index in [0.717, 1.165) is 5.56 Å². The highest BCUT2D eigenvalue weighted by Gasteiger charge is 2.06. The van der Waals surface area contributed by atoms with Gasteiger partial charge in [-0.05, 0) is 43.0 Å². The van der Waals surface area contributed by atoms with Crippen LogP contribution in [0.25, 0.3) is 0 Å². The molecule has 1 rings (SSSR count). The minimum Gasteiger partial charge on any atom is -0.352 e. The molecule has 0 unspecified atom stereocenters. The second-order valence-electron chi connectivity index (χ2n) is 4.13. The van der Waals surface area contributed by atoms with Gasteiger partial charge in [-0.1, -0.05) is 18.2 Å². The number of amides is 1. The van der Waals surface area contributed by atoms with E-state index >= 15 is 0 Å². The molecule has 0 heterocycles. The second kappa shape index (κ2) is 5.50. The maximum Gasteiger partial charge on any atom is 0.224 e. The molecule has 0 spiro atoms. The number of benzene rings is 1. The molecular weight excluding hydrogens is 198 g/mol. The molecule has 0 aliphatic heterocycles. The number of rotatable bonds is 4. The molecule has 1 amide bonds. The van der Waals surface area contributed by atoms with E-state index in [-0.39, 0.29) is 5.91 Å². The topological polar surface area (TPSA) is 29.1 Å². The van der Waals surface area contributed by atoms with Gasteiger partial charge in [0.2, 0.25) is 5.91 Å². The molecule has 0 bridgehead atoms. The Morgan fingerprint density at radius 3 is 2.50 bits per heavy atom. The van der Waals surface area contributed by atoms with Crippen LogP contribution in [-0.4, -0.2) is 12.5 Å². The van der Waals surface area contributed by atoms with Crippen molar-refractivity contribution >= 4 is 5.91 Å². The summed E-state index contributed by atoms with van der Waals surface area (Å²) in [5.74, 6) is 0.0475. The number of carbonyl (C=O) groups excluding carboxylic acids is 1. The molecule has 16 heavy (non-hydrogen) atoms. The van der Waals surface area contributed by atoms with Gasteiger partial charge in [0.25, 0.3) is 0 Å². The third-order valence-electron chi connectivity index (χ3n) is 2.75. The molecule has 1 N–H and O–H groups in total. The van der Waals surface area contributed by atoms with Crippen molar-refractivity contribution in [1.29, 1.82) is 0 Å². The molecule has 0 aliphatic rings. The van der Waals surface area contributed by atoms with Gasteiger partial charge in [-0.25, -0.2) is 0 Å². The molecular formula is C14H19NO. The highest BCUT2D eigenvalue weighted by molar-refractivity contribution is 5.79. The largest absolute Gasteiger partial charge is 0.352 e. The quantitative estimate of drug-likeness (QED) is 0.771. The van der Waals surface area contributed by atoms with Crippen LogP contribution in [0.5, 0.6) is 0 Å². The van der Waals surface area contributed by atoms with E-state index in [9.17, 15) is 4.79 Å². The van der Waals surface area contributed by atoms with Crippen LogP contribution in [0.1, 0.15) is 22.3 Å². The Kier molecular flexibility index (Phi) is 4.29. The molecule has 0 aromatic heterocycles. The van der Waals surface area contributed by atoms with Crippen molar-refractivity contribution in [2.45, 2.75) is 27.2 Å². The van der Waals surface area contributed by atoms with Gasteiger partial charge >= 0.3 is 0 Å². The summed E-state index contributed by atoms with van der Waals surface area (Å²) in [6.07, 6.45) is 2.13. The zero-order chi connectivity index (χ0) is 12.1. The lowest BCUT2D eigenvalue weighted by atomic mass is 9.98. The Labute approximate surface area is 97.4 Å². The van der Waals surface area contributed by atoms with Gasteiger partial charge in [-0.2, -0.15) is 0 Å². The number of carbonyl (C=O) groups is 1. The van der Waals surface area contributed by atoms with Crippen molar-refractivity contribution in [1.82, 2.24) is 5.32 Å². The van der Waals surface area contributed by atoms with Gasteiger partial charge in [0, 0.05) is 6.54 Å². The number of aryl methyl sites for hydroxylation is 3. The van der Waals surface area contributed by atoms with E-state index in [4.69, 9.17) is 0 Å². The molecule has 86 valence electrons. The van der Waals surface area contributed by atoms with Crippen LogP contribution >= 0.6 is 0 Å². The molecule has 1 aromatic carbocycles. The van der Waals surface area contributed by atoms with E-state index in [1.807, 2.05) is 6.92 Å². The maximum absolute atomic E-state index is 11.6. The van der Waals surface area contributed by atoms with Crippen molar-refractivity contribution in [2.75, 3.05) is 6.54 Å². The predicted octanol–water partition coefficient (Wildman–Crippen LogP) is 2.46. The Balaban J connectivity index is 2.77. The summed E-state index contributed by atoms with van der Waals surface area (Å²) < 4.78 is 0.